The summed E-state index contributed by atoms with van der Waals surface area (Å²) >= 11 is 3.39. The van der Waals surface area contributed by atoms with Crippen molar-refractivity contribution in [1.29, 1.82) is 5.26 Å². The smallest absolute Gasteiger partial charge is 0.184 e. The predicted molar refractivity (Wildman–Crippen MR) is 52.8 cm³/mol. The minimum Gasteiger partial charge on any atom is -0.279 e. The van der Waals surface area contributed by atoms with Crippen molar-refractivity contribution in [1.82, 2.24) is 0 Å². The van der Waals surface area contributed by atoms with Gasteiger partial charge in [0.15, 0.2) is 6.19 Å². The molecule has 0 aliphatic heterocycles. The lowest BCUT2D eigenvalue weighted by atomic mass is 10.3. The zero-order chi connectivity index (χ0) is 8.97. The largest absolute Gasteiger partial charge is 0.279 e. The van der Waals surface area contributed by atoms with Crippen molar-refractivity contribution in [3.8, 4) is 6.19 Å². The van der Waals surface area contributed by atoms with E-state index >= 15 is 0 Å². The Labute approximate surface area is 80.5 Å². The van der Waals surface area contributed by atoms with Gasteiger partial charge in [-0.05, 0) is 35.0 Å². The second-order valence-corrected chi connectivity index (χ2v) is 3.15. The maximum absolute atomic E-state index is 8.76. The monoisotopic (exact) mass is 224 g/mol. The third kappa shape index (κ3) is 1.77. The number of benzene rings is 1. The molecule has 0 spiro atoms. The van der Waals surface area contributed by atoms with Gasteiger partial charge in [0, 0.05) is 11.0 Å². The van der Waals surface area contributed by atoms with E-state index in [0.29, 0.717) is 6.54 Å². The Kier molecular flexibility index (Phi) is 3.12. The predicted octanol–water partition coefficient (Wildman–Crippen LogP) is 2.76. The summed E-state index contributed by atoms with van der Waals surface area (Å²) in [7, 11) is 0. The lowest BCUT2D eigenvalue weighted by molar-refractivity contribution is 1.02. The number of rotatable bonds is 2. The number of para-hydroxylation sites is 1. The molecule has 0 radical (unpaired) electrons. The van der Waals surface area contributed by atoms with E-state index in [1.54, 1.807) is 4.90 Å². The van der Waals surface area contributed by atoms with Crippen molar-refractivity contribution in [2.24, 2.45) is 0 Å². The molecule has 0 atom stereocenters. The van der Waals surface area contributed by atoms with Crippen molar-refractivity contribution in [2.75, 3.05) is 11.4 Å². The quantitative estimate of drug-likeness (QED) is 0.571. The molecule has 62 valence electrons. The second-order valence-electron chi connectivity index (χ2n) is 2.30. The van der Waals surface area contributed by atoms with Crippen LogP contribution in [0.5, 0.6) is 0 Å². The number of halogens is 1. The highest BCUT2D eigenvalue weighted by Gasteiger charge is 2.04. The van der Waals surface area contributed by atoms with E-state index in [-0.39, 0.29) is 0 Å². The Hall–Kier alpha value is -1.01. The Morgan fingerprint density at radius 2 is 2.17 bits per heavy atom. The maximum atomic E-state index is 8.76. The van der Waals surface area contributed by atoms with Crippen LogP contribution in [-0.2, 0) is 0 Å². The molecule has 0 saturated heterocycles. The van der Waals surface area contributed by atoms with Crippen molar-refractivity contribution < 1.29 is 0 Å². The highest BCUT2D eigenvalue weighted by atomic mass is 79.9. The molecule has 1 aromatic carbocycles. The highest BCUT2D eigenvalue weighted by Crippen LogP contribution is 2.24. The second kappa shape index (κ2) is 4.13. The normalized spacial score (nSPS) is 9.08. The zero-order valence-corrected chi connectivity index (χ0v) is 8.37. The van der Waals surface area contributed by atoms with Gasteiger partial charge in [0.25, 0.3) is 0 Å². The molecule has 0 saturated carbocycles. The van der Waals surface area contributed by atoms with Crippen molar-refractivity contribution in [2.45, 2.75) is 6.92 Å². The number of hydrogen-bond acceptors (Lipinski definition) is 2. The topological polar surface area (TPSA) is 27.0 Å². The molecule has 0 unspecified atom stereocenters. The molecular formula is C9H9BrN2. The van der Waals surface area contributed by atoms with Gasteiger partial charge >= 0.3 is 0 Å². The molecule has 2 nitrogen and oxygen atoms in total. The molecule has 3 heteroatoms. The summed E-state index contributed by atoms with van der Waals surface area (Å²) in [6, 6.07) is 7.69. The average molecular weight is 225 g/mol. The zero-order valence-electron chi connectivity index (χ0n) is 6.79. The van der Waals surface area contributed by atoms with E-state index < -0.39 is 0 Å². The summed E-state index contributed by atoms with van der Waals surface area (Å²) < 4.78 is 0.952. The summed E-state index contributed by atoms with van der Waals surface area (Å²) in [4.78, 5) is 1.63. The van der Waals surface area contributed by atoms with Gasteiger partial charge in [0.2, 0.25) is 0 Å². The van der Waals surface area contributed by atoms with Gasteiger partial charge in [0.05, 0.1) is 5.69 Å². The molecule has 0 heterocycles. The molecule has 0 aliphatic carbocycles. The lowest BCUT2D eigenvalue weighted by Gasteiger charge is -2.13. The Balaban J connectivity index is 3.02. The summed E-state index contributed by atoms with van der Waals surface area (Å²) in [5, 5.41) is 8.76. The lowest BCUT2D eigenvalue weighted by Crippen LogP contribution is -2.15. The summed E-state index contributed by atoms with van der Waals surface area (Å²) in [5.74, 6) is 0. The third-order valence-corrected chi connectivity index (χ3v) is 2.25. The van der Waals surface area contributed by atoms with Crippen LogP contribution in [0.25, 0.3) is 0 Å². The summed E-state index contributed by atoms with van der Waals surface area (Å²) in [5.41, 5.74) is 0.919. The van der Waals surface area contributed by atoms with Crippen LogP contribution in [0.4, 0.5) is 5.69 Å². The minimum atomic E-state index is 0.694. The summed E-state index contributed by atoms with van der Waals surface area (Å²) in [6.07, 6.45) is 2.11. The van der Waals surface area contributed by atoms with E-state index in [4.69, 9.17) is 5.26 Å². The number of nitriles is 1. The van der Waals surface area contributed by atoms with Crippen molar-refractivity contribution in [3.63, 3.8) is 0 Å². The standard InChI is InChI=1S/C9H9BrN2/c1-2-12(7-11)9-6-4-3-5-8(9)10/h3-6H,2H2,1H3. The van der Waals surface area contributed by atoms with E-state index in [2.05, 4.69) is 22.1 Å². The van der Waals surface area contributed by atoms with E-state index in [1.807, 2.05) is 31.2 Å². The van der Waals surface area contributed by atoms with Crippen LogP contribution in [-0.4, -0.2) is 6.54 Å². The van der Waals surface area contributed by atoms with Crippen LogP contribution in [0, 0.1) is 11.5 Å². The van der Waals surface area contributed by atoms with Crippen molar-refractivity contribution in [3.05, 3.63) is 28.7 Å². The van der Waals surface area contributed by atoms with Crippen LogP contribution in [0.2, 0.25) is 0 Å². The first-order chi connectivity index (χ1) is 5.79. The molecular weight excluding hydrogens is 216 g/mol. The highest BCUT2D eigenvalue weighted by molar-refractivity contribution is 9.10. The minimum absolute atomic E-state index is 0.694. The molecule has 1 aromatic rings. The fourth-order valence-corrected chi connectivity index (χ4v) is 1.46. The molecule has 0 fully saturated rings. The van der Waals surface area contributed by atoms with E-state index in [1.165, 1.54) is 0 Å². The van der Waals surface area contributed by atoms with Crippen LogP contribution in [0.1, 0.15) is 6.92 Å². The number of nitrogens with zero attached hydrogens (tertiary/aromatic N) is 2. The number of anilines is 1. The number of hydrogen-bond donors (Lipinski definition) is 0. The van der Waals surface area contributed by atoms with Gasteiger partial charge in [-0.3, -0.25) is 4.90 Å². The van der Waals surface area contributed by atoms with Crippen LogP contribution < -0.4 is 4.90 Å². The van der Waals surface area contributed by atoms with Gasteiger partial charge in [0.1, 0.15) is 0 Å². The first kappa shape index (κ1) is 9.08. The molecule has 0 aliphatic rings. The molecule has 0 aromatic heterocycles. The van der Waals surface area contributed by atoms with Crippen LogP contribution >= 0.6 is 15.9 Å². The first-order valence-electron chi connectivity index (χ1n) is 3.71. The maximum Gasteiger partial charge on any atom is 0.184 e. The van der Waals surface area contributed by atoms with Gasteiger partial charge < -0.3 is 0 Å². The van der Waals surface area contributed by atoms with Crippen molar-refractivity contribution >= 4 is 21.6 Å². The van der Waals surface area contributed by atoms with Gasteiger partial charge in [-0.1, -0.05) is 12.1 Å². The molecule has 0 N–H and O–H groups in total. The molecule has 12 heavy (non-hydrogen) atoms. The Bertz CT molecular complexity index is 304. The SMILES string of the molecule is CCN(C#N)c1ccccc1Br. The Morgan fingerprint density at radius 1 is 1.50 bits per heavy atom. The average Bonchev–Trinajstić information content (AvgIpc) is 2.10. The molecule has 0 bridgehead atoms. The van der Waals surface area contributed by atoms with E-state index in [9.17, 15) is 0 Å². The van der Waals surface area contributed by atoms with E-state index in [0.717, 1.165) is 10.2 Å². The van der Waals surface area contributed by atoms with Crippen LogP contribution in [0.15, 0.2) is 28.7 Å². The first-order valence-corrected chi connectivity index (χ1v) is 4.50. The Morgan fingerprint density at radius 3 is 2.67 bits per heavy atom. The van der Waals surface area contributed by atoms with Gasteiger partial charge in [-0.15, -0.1) is 0 Å². The molecule has 1 rings (SSSR count). The fourth-order valence-electron chi connectivity index (χ4n) is 0.966. The third-order valence-electron chi connectivity index (χ3n) is 1.58. The van der Waals surface area contributed by atoms with Gasteiger partial charge in [-0.2, -0.15) is 5.26 Å². The summed E-state index contributed by atoms with van der Waals surface area (Å²) in [6.45, 7) is 2.64. The van der Waals surface area contributed by atoms with Gasteiger partial charge in [-0.25, -0.2) is 0 Å². The fraction of sp³-hybridized carbons (Fsp3) is 0.222. The molecule has 0 amide bonds. The van der Waals surface area contributed by atoms with Crippen LogP contribution in [0.3, 0.4) is 0 Å².